The second-order valence-electron chi connectivity index (χ2n) is 4.75. The number of nitrogens with two attached hydrogens (primary N) is 1. The fraction of sp³-hybridized carbons (Fsp3) is 0.727. The highest BCUT2D eigenvalue weighted by Gasteiger charge is 2.36. The van der Waals surface area contributed by atoms with E-state index in [1.54, 1.807) is 0 Å². The van der Waals surface area contributed by atoms with Gasteiger partial charge in [0.1, 0.15) is 5.82 Å². The molecule has 0 atom stereocenters. The summed E-state index contributed by atoms with van der Waals surface area (Å²) in [4.78, 5) is 6.81. The Morgan fingerprint density at radius 2 is 2.21 bits per heavy atom. The molecule has 0 saturated carbocycles. The van der Waals surface area contributed by atoms with Crippen molar-refractivity contribution in [3.63, 3.8) is 0 Å². The zero-order valence-corrected chi connectivity index (χ0v) is 11.8. The van der Waals surface area contributed by atoms with Crippen LogP contribution < -0.4 is 10.5 Å². The average molecular weight is 288 g/mol. The van der Waals surface area contributed by atoms with E-state index in [-0.39, 0.29) is 11.6 Å². The summed E-state index contributed by atoms with van der Waals surface area (Å²) >= 11 is 0. The van der Waals surface area contributed by atoms with Crippen molar-refractivity contribution in [1.29, 1.82) is 0 Å². The van der Waals surface area contributed by atoms with Crippen LogP contribution in [0.4, 0.5) is 0 Å². The number of rotatable bonds is 5. The smallest absolute Gasteiger partial charge is 0.258 e. The first kappa shape index (κ1) is 14.4. The first-order valence-corrected chi connectivity index (χ1v) is 7.85. The molecule has 1 aromatic rings. The topological polar surface area (TPSA) is 110 Å². The molecule has 0 unspecified atom stereocenters. The van der Waals surface area contributed by atoms with E-state index in [1.165, 1.54) is 6.20 Å². The average Bonchev–Trinajstić information content (AvgIpc) is 2.89. The van der Waals surface area contributed by atoms with Gasteiger partial charge < -0.3 is 15.5 Å². The first-order valence-electron chi connectivity index (χ1n) is 6.37. The molecule has 0 amide bonds. The molecule has 0 aliphatic carbocycles. The molecule has 4 N–H and O–H groups in total. The highest BCUT2D eigenvalue weighted by molar-refractivity contribution is 7.89. The molecule has 2 rings (SSSR count). The Bertz CT molecular complexity index is 520. The summed E-state index contributed by atoms with van der Waals surface area (Å²) in [5, 5.41) is 0.0867. The number of hydrogen-bond donors (Lipinski definition) is 3. The van der Waals surface area contributed by atoms with Crippen molar-refractivity contribution in [2.75, 3.05) is 19.8 Å². The number of aryl methyl sites for hydroxylation is 1. The van der Waals surface area contributed by atoms with Crippen molar-refractivity contribution in [2.24, 2.45) is 5.73 Å². The summed E-state index contributed by atoms with van der Waals surface area (Å²) in [6, 6.07) is 0. The van der Waals surface area contributed by atoms with Crippen molar-refractivity contribution in [3.8, 4) is 0 Å². The van der Waals surface area contributed by atoms with E-state index in [9.17, 15) is 8.42 Å². The summed E-state index contributed by atoms with van der Waals surface area (Å²) in [6.45, 7) is 3.19. The Kier molecular flexibility index (Phi) is 4.24. The van der Waals surface area contributed by atoms with E-state index in [0.29, 0.717) is 38.3 Å². The number of hydrogen-bond acceptors (Lipinski definition) is 5. The molecule has 0 radical (unpaired) electrons. The van der Waals surface area contributed by atoms with Crippen molar-refractivity contribution in [2.45, 2.75) is 36.8 Å². The van der Waals surface area contributed by atoms with Crippen molar-refractivity contribution >= 4 is 10.0 Å². The number of H-pyrrole nitrogens is 1. The largest absolute Gasteiger partial charge is 0.381 e. The van der Waals surface area contributed by atoms with E-state index >= 15 is 0 Å². The molecule has 8 heteroatoms. The SMILES string of the molecule is CCc1ncc(S(=O)(=O)NC2(CN)CCOCC2)[nH]1. The van der Waals surface area contributed by atoms with Crippen LogP contribution in [-0.4, -0.2) is 43.7 Å². The Labute approximate surface area is 113 Å². The van der Waals surface area contributed by atoms with Crippen LogP contribution in [-0.2, 0) is 21.2 Å². The summed E-state index contributed by atoms with van der Waals surface area (Å²) in [7, 11) is -3.62. The van der Waals surface area contributed by atoms with E-state index in [0.717, 1.165) is 0 Å². The lowest BCUT2D eigenvalue weighted by Gasteiger charge is -2.36. The summed E-state index contributed by atoms with van der Waals surface area (Å²) in [5.41, 5.74) is 5.13. The van der Waals surface area contributed by atoms with Gasteiger partial charge in [-0.15, -0.1) is 0 Å². The molecule has 0 bridgehead atoms. The van der Waals surface area contributed by atoms with Gasteiger partial charge in [-0.25, -0.2) is 18.1 Å². The zero-order chi connectivity index (χ0) is 13.9. The van der Waals surface area contributed by atoms with Crippen LogP contribution in [0.1, 0.15) is 25.6 Å². The van der Waals surface area contributed by atoms with Crippen LogP contribution >= 0.6 is 0 Å². The summed E-state index contributed by atoms with van der Waals surface area (Å²) in [5.74, 6) is 0.647. The quantitative estimate of drug-likeness (QED) is 0.692. The molecule has 108 valence electrons. The molecular formula is C11H20N4O3S. The zero-order valence-electron chi connectivity index (χ0n) is 11.0. The minimum absolute atomic E-state index is 0.0867. The summed E-state index contributed by atoms with van der Waals surface area (Å²) in [6.07, 6.45) is 3.16. The molecule has 1 aromatic heterocycles. The van der Waals surface area contributed by atoms with Crippen LogP contribution in [0.3, 0.4) is 0 Å². The highest BCUT2D eigenvalue weighted by Crippen LogP contribution is 2.22. The maximum atomic E-state index is 12.3. The number of nitrogens with zero attached hydrogens (tertiary/aromatic N) is 1. The maximum absolute atomic E-state index is 12.3. The van der Waals surface area contributed by atoms with E-state index in [1.807, 2.05) is 6.92 Å². The van der Waals surface area contributed by atoms with Crippen LogP contribution in [0.25, 0.3) is 0 Å². The van der Waals surface area contributed by atoms with Crippen molar-refractivity contribution < 1.29 is 13.2 Å². The third kappa shape index (κ3) is 3.14. The van der Waals surface area contributed by atoms with Gasteiger partial charge in [0.25, 0.3) is 10.0 Å². The predicted octanol–water partition coefficient (Wildman–Crippen LogP) is -0.242. The Balaban J connectivity index is 2.19. The fourth-order valence-corrected chi connectivity index (χ4v) is 3.52. The Hall–Kier alpha value is -0.960. The van der Waals surface area contributed by atoms with Crippen LogP contribution in [0, 0.1) is 0 Å². The number of aromatic amines is 1. The lowest BCUT2D eigenvalue weighted by Crippen LogP contribution is -2.56. The van der Waals surface area contributed by atoms with Gasteiger partial charge in [-0.2, -0.15) is 0 Å². The van der Waals surface area contributed by atoms with Gasteiger partial charge in [0.2, 0.25) is 0 Å². The van der Waals surface area contributed by atoms with Gasteiger partial charge in [-0.05, 0) is 12.8 Å². The fourth-order valence-electron chi connectivity index (χ4n) is 2.11. The first-order chi connectivity index (χ1) is 9.01. The molecule has 1 fully saturated rings. The normalized spacial score (nSPS) is 19.5. The van der Waals surface area contributed by atoms with Gasteiger partial charge in [-0.1, -0.05) is 6.92 Å². The predicted molar refractivity (Wildman–Crippen MR) is 70.1 cm³/mol. The van der Waals surface area contributed by atoms with Gasteiger partial charge in [-0.3, -0.25) is 0 Å². The molecule has 1 aliphatic rings. The molecular weight excluding hydrogens is 268 g/mol. The Morgan fingerprint density at radius 3 is 2.74 bits per heavy atom. The number of imidazole rings is 1. The van der Waals surface area contributed by atoms with E-state index < -0.39 is 15.6 Å². The molecule has 0 spiro atoms. The second-order valence-corrected chi connectivity index (χ2v) is 6.40. The molecule has 2 heterocycles. The second kappa shape index (κ2) is 5.58. The standard InChI is InChI=1S/C11H20N4O3S/c1-2-9-13-7-10(14-9)19(16,17)15-11(8-12)3-5-18-6-4-11/h7,15H,2-6,8,12H2,1H3,(H,13,14). The van der Waals surface area contributed by atoms with Crippen molar-refractivity contribution in [3.05, 3.63) is 12.0 Å². The van der Waals surface area contributed by atoms with Crippen LogP contribution in [0.2, 0.25) is 0 Å². The molecule has 7 nitrogen and oxygen atoms in total. The monoisotopic (exact) mass is 288 g/mol. The van der Waals surface area contributed by atoms with E-state index in [2.05, 4.69) is 14.7 Å². The lowest BCUT2D eigenvalue weighted by molar-refractivity contribution is 0.0501. The third-order valence-corrected chi connectivity index (χ3v) is 4.91. The summed E-state index contributed by atoms with van der Waals surface area (Å²) < 4.78 is 32.6. The lowest BCUT2D eigenvalue weighted by atomic mass is 9.92. The maximum Gasteiger partial charge on any atom is 0.258 e. The minimum atomic E-state index is -3.62. The number of nitrogens with one attached hydrogen (secondary N) is 2. The van der Waals surface area contributed by atoms with Gasteiger partial charge >= 0.3 is 0 Å². The van der Waals surface area contributed by atoms with Crippen LogP contribution in [0.15, 0.2) is 11.2 Å². The Morgan fingerprint density at radius 1 is 1.53 bits per heavy atom. The van der Waals surface area contributed by atoms with Gasteiger partial charge in [0, 0.05) is 31.7 Å². The number of aromatic nitrogens is 2. The van der Waals surface area contributed by atoms with Crippen molar-refractivity contribution in [1.82, 2.24) is 14.7 Å². The van der Waals surface area contributed by atoms with E-state index in [4.69, 9.17) is 10.5 Å². The number of sulfonamides is 1. The molecule has 0 aromatic carbocycles. The van der Waals surface area contributed by atoms with Gasteiger partial charge in [0.15, 0.2) is 5.03 Å². The minimum Gasteiger partial charge on any atom is -0.381 e. The number of ether oxygens (including phenoxy) is 1. The van der Waals surface area contributed by atoms with Crippen LogP contribution in [0.5, 0.6) is 0 Å². The van der Waals surface area contributed by atoms with Gasteiger partial charge in [0.05, 0.1) is 6.20 Å². The molecule has 1 saturated heterocycles. The molecule has 1 aliphatic heterocycles. The molecule has 19 heavy (non-hydrogen) atoms. The highest BCUT2D eigenvalue weighted by atomic mass is 32.2. The third-order valence-electron chi connectivity index (χ3n) is 3.42.